The Bertz CT molecular complexity index is 653. The first-order chi connectivity index (χ1) is 8.11. The lowest BCUT2D eigenvalue weighted by atomic mass is 10.2. The Morgan fingerprint density at radius 1 is 1.33 bits per heavy atom. The van der Waals surface area contributed by atoms with Crippen LogP contribution in [0.3, 0.4) is 0 Å². The van der Waals surface area contributed by atoms with Gasteiger partial charge in [0.1, 0.15) is 10.7 Å². The van der Waals surface area contributed by atoms with Gasteiger partial charge in [-0.15, -0.1) is 4.40 Å². The van der Waals surface area contributed by atoms with E-state index in [0.29, 0.717) is 6.07 Å². The van der Waals surface area contributed by atoms with Crippen LogP contribution in [0.2, 0.25) is 5.02 Å². The number of anilines is 1. The SMILES string of the molecule is CC1=NS(=O)(=O)c2cc(Cl)c(C(F)(F)F)cc2N1. The monoisotopic (exact) mass is 298 g/mol. The predicted octanol–water partition coefficient (Wildman–Crippen LogP) is 2.89. The molecule has 0 saturated heterocycles. The van der Waals surface area contributed by atoms with Crippen molar-refractivity contribution in [2.45, 2.75) is 18.0 Å². The van der Waals surface area contributed by atoms with Gasteiger partial charge in [-0.2, -0.15) is 21.6 Å². The van der Waals surface area contributed by atoms with Crippen LogP contribution >= 0.6 is 11.6 Å². The number of nitrogens with zero attached hydrogens (tertiary/aromatic N) is 1. The highest BCUT2D eigenvalue weighted by Crippen LogP contribution is 2.40. The van der Waals surface area contributed by atoms with Gasteiger partial charge in [0.25, 0.3) is 10.0 Å². The van der Waals surface area contributed by atoms with Crippen LogP contribution in [0.25, 0.3) is 0 Å². The molecule has 0 aliphatic carbocycles. The van der Waals surface area contributed by atoms with E-state index in [1.165, 1.54) is 6.92 Å². The number of hydrogen-bond donors (Lipinski definition) is 1. The van der Waals surface area contributed by atoms with Crippen LogP contribution in [0.15, 0.2) is 21.4 Å². The number of fused-ring (bicyclic) bond motifs is 1. The Labute approximate surface area is 106 Å². The van der Waals surface area contributed by atoms with Gasteiger partial charge in [-0.05, 0) is 19.1 Å². The summed E-state index contributed by atoms with van der Waals surface area (Å²) in [6.07, 6.45) is -4.65. The molecule has 1 N–H and O–H groups in total. The molecule has 0 amide bonds. The molecule has 0 spiro atoms. The van der Waals surface area contributed by atoms with E-state index in [0.717, 1.165) is 6.07 Å². The Kier molecular flexibility index (Phi) is 2.82. The van der Waals surface area contributed by atoms with Gasteiger partial charge in [-0.25, -0.2) is 0 Å². The molecule has 1 aromatic rings. The van der Waals surface area contributed by atoms with Crippen molar-refractivity contribution in [2.75, 3.05) is 5.32 Å². The van der Waals surface area contributed by atoms with Gasteiger partial charge in [0.15, 0.2) is 0 Å². The van der Waals surface area contributed by atoms with Crippen molar-refractivity contribution in [3.05, 3.63) is 22.7 Å². The molecular weight excluding hydrogens is 293 g/mol. The fourth-order valence-electron chi connectivity index (χ4n) is 1.53. The molecule has 1 aliphatic rings. The summed E-state index contributed by atoms with van der Waals surface area (Å²) in [7, 11) is -4.00. The van der Waals surface area contributed by atoms with Crippen LogP contribution in [-0.2, 0) is 16.2 Å². The first-order valence-corrected chi connectivity index (χ1v) is 6.42. The van der Waals surface area contributed by atoms with Gasteiger partial charge in [0.05, 0.1) is 16.3 Å². The number of halogens is 4. The fourth-order valence-corrected chi connectivity index (χ4v) is 3.03. The third-order valence-electron chi connectivity index (χ3n) is 2.23. The van der Waals surface area contributed by atoms with Crippen LogP contribution in [0.1, 0.15) is 12.5 Å². The minimum Gasteiger partial charge on any atom is -0.342 e. The summed E-state index contributed by atoms with van der Waals surface area (Å²) in [5.41, 5.74) is -1.28. The number of sulfonamides is 1. The van der Waals surface area contributed by atoms with Crippen LogP contribution < -0.4 is 5.32 Å². The molecule has 1 heterocycles. The zero-order chi connectivity index (χ0) is 13.7. The lowest BCUT2D eigenvalue weighted by Gasteiger charge is -2.18. The standard InChI is InChI=1S/C9H6ClF3N2O2S/c1-4-14-7-2-5(9(11,12)13)6(10)3-8(7)18(16,17)15-4/h2-3H,1H3,(H,14,15). The highest BCUT2D eigenvalue weighted by molar-refractivity contribution is 7.90. The zero-order valence-electron chi connectivity index (χ0n) is 8.84. The highest BCUT2D eigenvalue weighted by atomic mass is 35.5. The Balaban J connectivity index is 2.72. The van der Waals surface area contributed by atoms with E-state index in [4.69, 9.17) is 11.6 Å². The van der Waals surface area contributed by atoms with Gasteiger partial charge in [-0.1, -0.05) is 11.6 Å². The van der Waals surface area contributed by atoms with Gasteiger partial charge in [-0.3, -0.25) is 0 Å². The van der Waals surface area contributed by atoms with Gasteiger partial charge >= 0.3 is 6.18 Å². The minimum absolute atomic E-state index is 0.00190. The van der Waals surface area contributed by atoms with E-state index in [1.54, 1.807) is 0 Å². The second-order valence-electron chi connectivity index (χ2n) is 3.60. The summed E-state index contributed by atoms with van der Waals surface area (Å²) in [6, 6.07) is 1.41. The molecule has 0 unspecified atom stereocenters. The second-order valence-corrected chi connectivity index (χ2v) is 5.58. The van der Waals surface area contributed by atoms with E-state index in [9.17, 15) is 21.6 Å². The maximum atomic E-state index is 12.6. The van der Waals surface area contributed by atoms with E-state index < -0.39 is 26.8 Å². The van der Waals surface area contributed by atoms with Crippen LogP contribution in [0.4, 0.5) is 18.9 Å². The molecule has 98 valence electrons. The maximum absolute atomic E-state index is 12.6. The second kappa shape index (κ2) is 3.86. The number of benzene rings is 1. The maximum Gasteiger partial charge on any atom is 0.417 e. The molecule has 4 nitrogen and oxygen atoms in total. The van der Waals surface area contributed by atoms with Crippen molar-refractivity contribution >= 4 is 33.1 Å². The fraction of sp³-hybridized carbons (Fsp3) is 0.222. The van der Waals surface area contributed by atoms with Crippen molar-refractivity contribution in [2.24, 2.45) is 4.40 Å². The van der Waals surface area contributed by atoms with E-state index >= 15 is 0 Å². The summed E-state index contributed by atoms with van der Waals surface area (Å²) in [5.74, 6) is -0.00190. The number of nitrogens with one attached hydrogen (secondary N) is 1. The number of amidine groups is 1. The van der Waals surface area contributed by atoms with Crippen molar-refractivity contribution in [3.63, 3.8) is 0 Å². The Morgan fingerprint density at radius 2 is 1.94 bits per heavy atom. The smallest absolute Gasteiger partial charge is 0.342 e. The van der Waals surface area contributed by atoms with Gasteiger partial charge < -0.3 is 5.32 Å². The number of alkyl halides is 3. The summed E-state index contributed by atoms with van der Waals surface area (Å²) in [6.45, 7) is 1.34. The number of rotatable bonds is 0. The minimum atomic E-state index is -4.65. The summed E-state index contributed by atoms with van der Waals surface area (Å²) in [5, 5.41) is 1.79. The Morgan fingerprint density at radius 3 is 2.50 bits per heavy atom. The predicted molar refractivity (Wildman–Crippen MR) is 60.4 cm³/mol. The molecule has 0 fully saturated rings. The first-order valence-electron chi connectivity index (χ1n) is 4.60. The molecule has 0 bridgehead atoms. The van der Waals surface area contributed by atoms with Crippen molar-refractivity contribution in [3.8, 4) is 0 Å². The lowest BCUT2D eigenvalue weighted by Crippen LogP contribution is -2.20. The molecule has 18 heavy (non-hydrogen) atoms. The quantitative estimate of drug-likeness (QED) is 0.801. The van der Waals surface area contributed by atoms with Crippen molar-refractivity contribution in [1.82, 2.24) is 0 Å². The Hall–Kier alpha value is -1.28. The number of hydrogen-bond acceptors (Lipinski definition) is 3. The molecule has 0 atom stereocenters. The average molecular weight is 299 g/mol. The molecule has 1 aromatic carbocycles. The van der Waals surface area contributed by atoms with Crippen LogP contribution in [0, 0.1) is 0 Å². The van der Waals surface area contributed by atoms with Crippen LogP contribution in [0.5, 0.6) is 0 Å². The third-order valence-corrected chi connectivity index (χ3v) is 3.95. The molecule has 0 radical (unpaired) electrons. The van der Waals surface area contributed by atoms with Gasteiger partial charge in [0.2, 0.25) is 0 Å². The summed E-state index contributed by atoms with van der Waals surface area (Å²) in [4.78, 5) is -0.369. The zero-order valence-corrected chi connectivity index (χ0v) is 10.4. The topological polar surface area (TPSA) is 58.5 Å². The summed E-state index contributed by atoms with van der Waals surface area (Å²) >= 11 is 5.45. The molecule has 0 saturated carbocycles. The summed E-state index contributed by atoms with van der Waals surface area (Å²) < 4.78 is 64.4. The first kappa shape index (κ1) is 13.2. The molecule has 9 heteroatoms. The molecule has 0 aromatic heterocycles. The van der Waals surface area contributed by atoms with E-state index in [2.05, 4.69) is 9.71 Å². The van der Waals surface area contributed by atoms with Crippen molar-refractivity contribution in [1.29, 1.82) is 0 Å². The normalized spacial score (nSPS) is 17.7. The average Bonchev–Trinajstić information content (AvgIpc) is 2.15. The largest absolute Gasteiger partial charge is 0.417 e. The third kappa shape index (κ3) is 2.17. The lowest BCUT2D eigenvalue weighted by molar-refractivity contribution is -0.137. The molecule has 1 aliphatic heterocycles. The molecule has 2 rings (SSSR count). The van der Waals surface area contributed by atoms with Gasteiger partial charge in [0, 0.05) is 0 Å². The van der Waals surface area contributed by atoms with Crippen molar-refractivity contribution < 1.29 is 21.6 Å². The van der Waals surface area contributed by atoms with Crippen LogP contribution in [-0.4, -0.2) is 14.3 Å². The molecular formula is C9H6ClF3N2O2S. The highest BCUT2D eigenvalue weighted by Gasteiger charge is 2.36. The van der Waals surface area contributed by atoms with E-state index in [-0.39, 0.29) is 16.4 Å². The van der Waals surface area contributed by atoms with E-state index in [1.807, 2.05) is 0 Å².